The molecule has 0 aliphatic heterocycles. The summed E-state index contributed by atoms with van der Waals surface area (Å²) in [6, 6.07) is 13.8. The van der Waals surface area contributed by atoms with Gasteiger partial charge >= 0.3 is 0 Å². The van der Waals surface area contributed by atoms with E-state index < -0.39 is 5.54 Å². The zero-order chi connectivity index (χ0) is 19.4. The highest BCUT2D eigenvalue weighted by molar-refractivity contribution is 5.53. The van der Waals surface area contributed by atoms with E-state index in [1.807, 2.05) is 30.3 Å². The molecular formula is C20H25N5O2. The first-order valence-corrected chi connectivity index (χ1v) is 8.87. The Morgan fingerprint density at radius 3 is 2.48 bits per heavy atom. The maximum absolute atomic E-state index is 5.42. The number of tetrazole rings is 1. The number of ether oxygens (including phenoxy) is 2. The van der Waals surface area contributed by atoms with Gasteiger partial charge in [-0.15, -0.1) is 5.10 Å². The Morgan fingerprint density at radius 2 is 1.81 bits per heavy atom. The second-order valence-electron chi connectivity index (χ2n) is 6.58. The molecule has 1 heterocycles. The molecule has 0 unspecified atom stereocenters. The average Bonchev–Trinajstić information content (AvgIpc) is 3.19. The lowest BCUT2D eigenvalue weighted by molar-refractivity contribution is 0.354. The number of aryl methyl sites for hydroxylation is 1. The predicted octanol–water partition coefficient (Wildman–Crippen LogP) is 3.73. The molecule has 7 nitrogen and oxygen atoms in total. The number of para-hydroxylation sites is 1. The summed E-state index contributed by atoms with van der Waals surface area (Å²) in [4.78, 5) is 0. The number of nitrogens with one attached hydrogen (secondary N) is 1. The van der Waals surface area contributed by atoms with E-state index >= 15 is 0 Å². The van der Waals surface area contributed by atoms with Gasteiger partial charge in [-0.1, -0.05) is 25.1 Å². The highest BCUT2D eigenvalue weighted by atomic mass is 16.5. The van der Waals surface area contributed by atoms with Crippen LogP contribution in [0.5, 0.6) is 11.5 Å². The van der Waals surface area contributed by atoms with Crippen molar-refractivity contribution in [2.45, 2.75) is 32.7 Å². The van der Waals surface area contributed by atoms with Crippen LogP contribution < -0.4 is 14.8 Å². The van der Waals surface area contributed by atoms with E-state index in [1.54, 1.807) is 18.9 Å². The van der Waals surface area contributed by atoms with Crippen LogP contribution in [0.1, 0.15) is 31.7 Å². The highest BCUT2D eigenvalue weighted by Crippen LogP contribution is 2.33. The lowest BCUT2D eigenvalue weighted by Gasteiger charge is -2.30. The van der Waals surface area contributed by atoms with Gasteiger partial charge in [-0.05, 0) is 54.5 Å². The minimum atomic E-state index is -0.456. The Balaban J connectivity index is 2.03. The molecule has 3 rings (SSSR count). The van der Waals surface area contributed by atoms with Gasteiger partial charge in [-0.25, -0.2) is 0 Å². The van der Waals surface area contributed by atoms with E-state index in [9.17, 15) is 0 Å². The average molecular weight is 367 g/mol. The molecule has 0 fully saturated rings. The van der Waals surface area contributed by atoms with Crippen LogP contribution in [0, 0.1) is 6.92 Å². The van der Waals surface area contributed by atoms with E-state index in [2.05, 4.69) is 53.7 Å². The largest absolute Gasteiger partial charge is 0.493 e. The fraction of sp³-hybridized carbons (Fsp3) is 0.350. The van der Waals surface area contributed by atoms with E-state index in [-0.39, 0.29) is 0 Å². The zero-order valence-electron chi connectivity index (χ0n) is 16.4. The molecule has 7 heteroatoms. The summed E-state index contributed by atoms with van der Waals surface area (Å²) in [5, 5.41) is 16.1. The quantitative estimate of drug-likeness (QED) is 0.686. The van der Waals surface area contributed by atoms with Gasteiger partial charge in [0.25, 0.3) is 0 Å². The molecule has 0 spiro atoms. The Kier molecular flexibility index (Phi) is 5.30. The molecule has 0 aliphatic carbocycles. The number of aromatic nitrogens is 4. The lowest BCUT2D eigenvalue weighted by atomic mass is 9.96. The summed E-state index contributed by atoms with van der Waals surface area (Å²) in [5.74, 6) is 2.01. The van der Waals surface area contributed by atoms with Crippen molar-refractivity contribution in [3.8, 4) is 17.2 Å². The van der Waals surface area contributed by atoms with Crippen LogP contribution in [0.4, 0.5) is 5.69 Å². The molecule has 0 bridgehead atoms. The van der Waals surface area contributed by atoms with Gasteiger partial charge in [0.1, 0.15) is 0 Å². The second-order valence-corrected chi connectivity index (χ2v) is 6.58. The fourth-order valence-corrected chi connectivity index (χ4v) is 2.97. The zero-order valence-corrected chi connectivity index (χ0v) is 16.4. The minimum absolute atomic E-state index is 0.456. The van der Waals surface area contributed by atoms with Crippen molar-refractivity contribution >= 4 is 5.69 Å². The summed E-state index contributed by atoms with van der Waals surface area (Å²) < 4.78 is 12.5. The number of anilines is 1. The molecule has 1 aromatic heterocycles. The molecule has 2 aromatic carbocycles. The summed E-state index contributed by atoms with van der Waals surface area (Å²) >= 11 is 0. The lowest BCUT2D eigenvalue weighted by Crippen LogP contribution is -2.34. The van der Waals surface area contributed by atoms with Gasteiger partial charge in [0.15, 0.2) is 17.3 Å². The van der Waals surface area contributed by atoms with Gasteiger partial charge in [0, 0.05) is 11.8 Å². The topological polar surface area (TPSA) is 74.1 Å². The van der Waals surface area contributed by atoms with Gasteiger partial charge in [0.2, 0.25) is 0 Å². The first kappa shape index (κ1) is 18.7. The van der Waals surface area contributed by atoms with E-state index in [0.717, 1.165) is 23.6 Å². The summed E-state index contributed by atoms with van der Waals surface area (Å²) in [5.41, 5.74) is 2.58. The van der Waals surface area contributed by atoms with Crippen molar-refractivity contribution in [2.24, 2.45) is 0 Å². The summed E-state index contributed by atoms with van der Waals surface area (Å²) in [6.45, 7) is 6.29. The van der Waals surface area contributed by atoms with Crippen LogP contribution in [-0.2, 0) is 5.54 Å². The number of nitrogens with zero attached hydrogens (tertiary/aromatic N) is 4. The SMILES string of the molecule is CC[C@](C)(Nc1ccccc1C)c1nnnn1-c1ccc(OC)c(OC)c1. The number of benzene rings is 2. The van der Waals surface area contributed by atoms with Crippen molar-refractivity contribution in [3.63, 3.8) is 0 Å². The third kappa shape index (κ3) is 3.58. The van der Waals surface area contributed by atoms with Gasteiger partial charge in [-0.2, -0.15) is 4.68 Å². The van der Waals surface area contributed by atoms with Crippen LogP contribution in [0.2, 0.25) is 0 Å². The molecular weight excluding hydrogens is 342 g/mol. The van der Waals surface area contributed by atoms with Crippen LogP contribution in [0.15, 0.2) is 42.5 Å². The molecule has 0 radical (unpaired) electrons. The van der Waals surface area contributed by atoms with E-state index in [4.69, 9.17) is 9.47 Å². The normalized spacial score (nSPS) is 13.1. The monoisotopic (exact) mass is 367 g/mol. The Hall–Kier alpha value is -3.09. The molecule has 142 valence electrons. The molecule has 0 amide bonds. The Morgan fingerprint density at radius 1 is 1.07 bits per heavy atom. The van der Waals surface area contributed by atoms with Crippen molar-refractivity contribution in [2.75, 3.05) is 19.5 Å². The summed E-state index contributed by atoms with van der Waals surface area (Å²) in [6.07, 6.45) is 0.801. The first-order chi connectivity index (χ1) is 13.0. The van der Waals surface area contributed by atoms with Crippen LogP contribution >= 0.6 is 0 Å². The highest BCUT2D eigenvalue weighted by Gasteiger charge is 2.32. The number of rotatable bonds is 7. The first-order valence-electron chi connectivity index (χ1n) is 8.87. The van der Waals surface area contributed by atoms with Crippen molar-refractivity contribution < 1.29 is 9.47 Å². The van der Waals surface area contributed by atoms with Crippen molar-refractivity contribution in [1.29, 1.82) is 0 Å². The van der Waals surface area contributed by atoms with Gasteiger partial charge in [-0.3, -0.25) is 0 Å². The molecule has 1 N–H and O–H groups in total. The van der Waals surface area contributed by atoms with Crippen LogP contribution in [0.25, 0.3) is 5.69 Å². The van der Waals surface area contributed by atoms with Crippen molar-refractivity contribution in [1.82, 2.24) is 20.2 Å². The Bertz CT molecular complexity index is 924. The maximum atomic E-state index is 5.42. The molecule has 0 saturated carbocycles. The third-order valence-corrected chi connectivity index (χ3v) is 4.84. The van der Waals surface area contributed by atoms with Crippen LogP contribution in [0.3, 0.4) is 0 Å². The number of hydrogen-bond acceptors (Lipinski definition) is 6. The molecule has 0 aliphatic rings. The minimum Gasteiger partial charge on any atom is -0.493 e. The van der Waals surface area contributed by atoms with Gasteiger partial charge in [0.05, 0.1) is 25.4 Å². The third-order valence-electron chi connectivity index (χ3n) is 4.84. The molecule has 27 heavy (non-hydrogen) atoms. The maximum Gasteiger partial charge on any atom is 0.181 e. The number of hydrogen-bond donors (Lipinski definition) is 1. The predicted molar refractivity (Wildman–Crippen MR) is 105 cm³/mol. The van der Waals surface area contributed by atoms with Gasteiger partial charge < -0.3 is 14.8 Å². The molecule has 0 saturated heterocycles. The smallest absolute Gasteiger partial charge is 0.181 e. The summed E-state index contributed by atoms with van der Waals surface area (Å²) in [7, 11) is 3.22. The Labute approximate surface area is 159 Å². The van der Waals surface area contributed by atoms with E-state index in [0.29, 0.717) is 11.5 Å². The number of methoxy groups -OCH3 is 2. The standard InChI is InChI=1S/C20H25N5O2/c1-6-20(3,21-16-10-8-7-9-14(16)2)19-22-23-24-25(19)15-11-12-17(26-4)18(13-15)27-5/h7-13,21H,6H2,1-5H3/t20-/m0/s1. The van der Waals surface area contributed by atoms with Crippen molar-refractivity contribution in [3.05, 3.63) is 53.9 Å². The molecule has 1 atom stereocenters. The fourth-order valence-electron chi connectivity index (χ4n) is 2.97. The second kappa shape index (κ2) is 7.65. The molecule has 3 aromatic rings. The van der Waals surface area contributed by atoms with E-state index in [1.165, 1.54) is 5.56 Å². The van der Waals surface area contributed by atoms with Crippen LogP contribution in [-0.4, -0.2) is 34.4 Å².